The molecule has 0 bridgehead atoms. The van der Waals surface area contributed by atoms with Crippen LogP contribution in [0.15, 0.2) is 61.4 Å². The predicted octanol–water partition coefficient (Wildman–Crippen LogP) is 4.56. The molecule has 2 aliphatic heterocycles. The van der Waals surface area contributed by atoms with Gasteiger partial charge < -0.3 is 25.2 Å². The number of anilines is 5. The summed E-state index contributed by atoms with van der Waals surface area (Å²) in [5, 5.41) is 8.65. The van der Waals surface area contributed by atoms with Crippen LogP contribution in [0.2, 0.25) is 5.02 Å². The van der Waals surface area contributed by atoms with E-state index in [2.05, 4.69) is 32.1 Å². The normalized spacial score (nSPS) is 16.9. The second-order valence-corrected chi connectivity index (χ2v) is 10.1. The number of rotatable bonds is 8. The fraction of sp³-hybridized carbons (Fsp3) is 0.310. The summed E-state index contributed by atoms with van der Waals surface area (Å²) in [6, 6.07) is 13.1. The van der Waals surface area contributed by atoms with Crippen molar-refractivity contribution < 1.29 is 19.2 Å². The average Bonchev–Trinajstić information content (AvgIpc) is 3.48. The molecule has 5 rings (SSSR count). The van der Waals surface area contributed by atoms with Gasteiger partial charge in [0.05, 0.1) is 36.8 Å². The number of aromatic nitrogens is 2. The Hall–Kier alpha value is -4.35. The molecule has 12 heteroatoms. The van der Waals surface area contributed by atoms with Crippen molar-refractivity contribution in [2.45, 2.75) is 19.4 Å². The fourth-order valence-electron chi connectivity index (χ4n) is 5.03. The molecule has 214 valence electrons. The molecule has 0 radical (unpaired) electrons. The number of carbonyl (C=O) groups is 2. The zero-order valence-electron chi connectivity index (χ0n) is 23.0. The average molecular weight is 578 g/mol. The van der Waals surface area contributed by atoms with E-state index in [-0.39, 0.29) is 17.9 Å². The quantitative estimate of drug-likeness (QED) is 0.372. The first kappa shape index (κ1) is 28.2. The maximum absolute atomic E-state index is 12.3. The van der Waals surface area contributed by atoms with Gasteiger partial charge in [-0.3, -0.25) is 14.4 Å². The summed E-state index contributed by atoms with van der Waals surface area (Å²) >= 11 is 6.24. The van der Waals surface area contributed by atoms with Crippen LogP contribution in [0, 0.1) is 0 Å². The maximum atomic E-state index is 12.3. The summed E-state index contributed by atoms with van der Waals surface area (Å²) in [5.41, 5.74) is 2.99. The van der Waals surface area contributed by atoms with E-state index < -0.39 is 0 Å². The number of hydroxylamine groups is 1. The summed E-state index contributed by atoms with van der Waals surface area (Å²) in [6.07, 6.45) is 3.47. The number of ether oxygens (including phenoxy) is 1. The first-order valence-electron chi connectivity index (χ1n) is 13.3. The highest BCUT2D eigenvalue weighted by Gasteiger charge is 2.29. The van der Waals surface area contributed by atoms with Crippen LogP contribution in [0.25, 0.3) is 0 Å². The molecular weight excluding hydrogens is 546 g/mol. The lowest BCUT2D eigenvalue weighted by molar-refractivity contribution is -0.129. The number of hydrogen-bond donors (Lipinski definition) is 2. The zero-order valence-corrected chi connectivity index (χ0v) is 23.7. The van der Waals surface area contributed by atoms with Gasteiger partial charge in [-0.2, -0.15) is 0 Å². The van der Waals surface area contributed by atoms with Gasteiger partial charge in [0.15, 0.2) is 5.82 Å². The molecular formula is C29H32ClN7O4. The van der Waals surface area contributed by atoms with Crippen molar-refractivity contribution in [3.8, 4) is 5.75 Å². The molecule has 1 aromatic heterocycles. The van der Waals surface area contributed by atoms with Gasteiger partial charge in [0.2, 0.25) is 11.8 Å². The molecule has 41 heavy (non-hydrogen) atoms. The second kappa shape index (κ2) is 12.4. The number of amides is 2. The zero-order chi connectivity index (χ0) is 28.9. The Kier molecular flexibility index (Phi) is 8.55. The smallest absolute Gasteiger partial charge is 0.247 e. The van der Waals surface area contributed by atoms with Crippen molar-refractivity contribution in [2.24, 2.45) is 0 Å². The van der Waals surface area contributed by atoms with Gasteiger partial charge in [-0.25, -0.2) is 15.0 Å². The fourth-order valence-corrected chi connectivity index (χ4v) is 5.23. The van der Waals surface area contributed by atoms with Crippen LogP contribution in [-0.2, 0) is 14.4 Å². The Balaban J connectivity index is 1.43. The van der Waals surface area contributed by atoms with Crippen LogP contribution >= 0.6 is 11.6 Å². The van der Waals surface area contributed by atoms with E-state index in [4.69, 9.17) is 21.2 Å². The summed E-state index contributed by atoms with van der Waals surface area (Å²) in [5.74, 6) is 1.36. The third kappa shape index (κ3) is 6.36. The van der Waals surface area contributed by atoms with Crippen LogP contribution < -0.4 is 25.3 Å². The lowest BCUT2D eigenvalue weighted by atomic mass is 10.0. The summed E-state index contributed by atoms with van der Waals surface area (Å²) < 4.78 is 5.73. The van der Waals surface area contributed by atoms with Crippen molar-refractivity contribution in [1.29, 1.82) is 0 Å². The Morgan fingerprint density at radius 1 is 1.12 bits per heavy atom. The van der Waals surface area contributed by atoms with Crippen LogP contribution in [-0.4, -0.2) is 66.6 Å². The first-order chi connectivity index (χ1) is 19.9. The van der Waals surface area contributed by atoms with E-state index >= 15 is 0 Å². The molecule has 2 amide bonds. The number of hydrogen-bond acceptors (Lipinski definition) is 9. The molecule has 2 saturated heterocycles. The summed E-state index contributed by atoms with van der Waals surface area (Å²) in [6.45, 7) is 8.11. The van der Waals surface area contributed by atoms with Gasteiger partial charge in [0, 0.05) is 56.7 Å². The molecule has 0 aliphatic carbocycles. The van der Waals surface area contributed by atoms with Crippen LogP contribution in [0.3, 0.4) is 0 Å². The third-order valence-corrected chi connectivity index (χ3v) is 7.34. The molecule has 0 unspecified atom stereocenters. The number of nitrogens with zero attached hydrogens (tertiary/aromatic N) is 5. The second-order valence-electron chi connectivity index (χ2n) is 9.66. The minimum Gasteiger partial charge on any atom is -0.494 e. The van der Waals surface area contributed by atoms with Crippen LogP contribution in [0.5, 0.6) is 5.75 Å². The van der Waals surface area contributed by atoms with Gasteiger partial charge >= 0.3 is 0 Å². The highest BCUT2D eigenvalue weighted by molar-refractivity contribution is 6.30. The van der Waals surface area contributed by atoms with Gasteiger partial charge in [0.1, 0.15) is 17.9 Å². The first-order valence-corrected chi connectivity index (χ1v) is 13.7. The van der Waals surface area contributed by atoms with Crippen LogP contribution in [0.4, 0.5) is 28.7 Å². The topological polar surface area (TPSA) is 112 Å². The summed E-state index contributed by atoms with van der Waals surface area (Å²) in [7, 11) is 1.58. The Labute approximate surface area is 243 Å². The van der Waals surface area contributed by atoms with Crippen molar-refractivity contribution in [3.05, 3.63) is 72.0 Å². The molecule has 3 heterocycles. The van der Waals surface area contributed by atoms with Crippen molar-refractivity contribution >= 4 is 52.1 Å². The largest absolute Gasteiger partial charge is 0.494 e. The monoisotopic (exact) mass is 577 g/mol. The van der Waals surface area contributed by atoms with Gasteiger partial charge in [-0.05, 0) is 29.8 Å². The van der Waals surface area contributed by atoms with E-state index in [9.17, 15) is 9.59 Å². The van der Waals surface area contributed by atoms with E-state index in [1.807, 2.05) is 30.3 Å². The number of carbonyl (C=O) groups excluding carboxylic acids is 2. The van der Waals surface area contributed by atoms with Crippen LogP contribution in [0.1, 0.15) is 24.9 Å². The number of nitrogens with one attached hydrogen (secondary N) is 2. The number of methoxy groups -OCH3 is 1. The molecule has 2 N–H and O–H groups in total. The minimum atomic E-state index is -0.340. The van der Waals surface area contributed by atoms with Crippen molar-refractivity contribution in [2.75, 3.05) is 60.5 Å². The third-order valence-electron chi connectivity index (χ3n) is 7.11. The molecule has 2 aromatic carbocycles. The van der Waals surface area contributed by atoms with Gasteiger partial charge in [-0.1, -0.05) is 30.3 Å². The molecule has 0 spiro atoms. The Bertz CT molecular complexity index is 1440. The molecule has 11 nitrogen and oxygen atoms in total. The van der Waals surface area contributed by atoms with E-state index in [0.29, 0.717) is 66.6 Å². The minimum absolute atomic E-state index is 0.0457. The van der Waals surface area contributed by atoms with E-state index in [0.717, 1.165) is 17.7 Å². The number of benzene rings is 2. The van der Waals surface area contributed by atoms with Gasteiger partial charge in [0.25, 0.3) is 0 Å². The van der Waals surface area contributed by atoms with Gasteiger partial charge in [-0.15, -0.1) is 0 Å². The predicted molar refractivity (Wildman–Crippen MR) is 159 cm³/mol. The Morgan fingerprint density at radius 3 is 2.63 bits per heavy atom. The molecule has 2 fully saturated rings. The Morgan fingerprint density at radius 2 is 1.93 bits per heavy atom. The van der Waals surface area contributed by atoms with Crippen molar-refractivity contribution in [1.82, 2.24) is 14.9 Å². The maximum Gasteiger partial charge on any atom is 0.247 e. The van der Waals surface area contributed by atoms with E-state index in [1.54, 1.807) is 36.1 Å². The molecule has 2 aliphatic rings. The lowest BCUT2D eigenvalue weighted by Crippen LogP contribution is -2.48. The lowest BCUT2D eigenvalue weighted by Gasteiger charge is -2.36. The summed E-state index contributed by atoms with van der Waals surface area (Å²) in [4.78, 5) is 42.9. The molecule has 1 atom stereocenters. The number of piperazine rings is 1. The molecule has 0 saturated carbocycles. The van der Waals surface area contributed by atoms with E-state index in [1.165, 1.54) is 12.4 Å². The molecule has 3 aromatic rings. The SMILES string of the molecule is C=CC(=O)Nc1cc(Nc2cc(N3OCC[C@@H]3c3cccc(Cl)c3)ncn2)c(OC)cc1N1CCN(C(C)=O)CC1. The standard InChI is InChI=1S/C29H32ClN7O4/c1-4-29(39)34-22-15-23(26(40-3)16-25(22)36-11-9-35(10-12-36)19(2)38)33-27-17-28(32-18-31-27)37-24(8-13-41-37)20-6-5-7-21(30)14-20/h4-7,14-18,24H,1,8-13H2,2-3H3,(H,34,39)(H,31,32,33)/t24-/m1/s1. The number of halogens is 1. The highest BCUT2D eigenvalue weighted by Crippen LogP contribution is 2.40. The highest BCUT2D eigenvalue weighted by atomic mass is 35.5. The van der Waals surface area contributed by atoms with Crippen molar-refractivity contribution in [3.63, 3.8) is 0 Å².